The van der Waals surface area contributed by atoms with E-state index in [1.165, 1.54) is 11.6 Å². The van der Waals surface area contributed by atoms with Crippen molar-refractivity contribution in [2.24, 2.45) is 0 Å². The van der Waals surface area contributed by atoms with Gasteiger partial charge in [-0.05, 0) is 41.2 Å². The molecule has 0 saturated heterocycles. The highest BCUT2D eigenvalue weighted by atomic mass is 35.5. The lowest BCUT2D eigenvalue weighted by atomic mass is 9.91. The van der Waals surface area contributed by atoms with Crippen LogP contribution in [0.4, 0.5) is 10.3 Å². The number of H-pyrrole nitrogens is 1. The average molecular weight is 455 g/mol. The van der Waals surface area contributed by atoms with Crippen LogP contribution < -0.4 is 4.90 Å². The Morgan fingerprint density at radius 3 is 2.48 bits per heavy atom. The number of hydrogen-bond donors (Lipinski definition) is 1. The van der Waals surface area contributed by atoms with Crippen molar-refractivity contribution in [3.8, 4) is 0 Å². The van der Waals surface area contributed by atoms with E-state index in [4.69, 9.17) is 23.2 Å². The lowest BCUT2D eigenvalue weighted by molar-refractivity contribution is 0.625. The third-order valence-corrected chi connectivity index (χ3v) is 6.44. The van der Waals surface area contributed by atoms with Gasteiger partial charge in [-0.25, -0.2) is 14.4 Å². The Kier molecular flexibility index (Phi) is 5.11. The van der Waals surface area contributed by atoms with Gasteiger partial charge in [-0.3, -0.25) is 0 Å². The van der Waals surface area contributed by atoms with Crippen molar-refractivity contribution >= 4 is 40.1 Å². The van der Waals surface area contributed by atoms with Crippen molar-refractivity contribution < 1.29 is 4.39 Å². The lowest BCUT2D eigenvalue weighted by Crippen LogP contribution is -2.37. The quantitative estimate of drug-likeness (QED) is 0.375. The molecule has 1 unspecified atom stereocenters. The third kappa shape index (κ3) is 3.56. The Hall–Kier alpha value is -2.63. The van der Waals surface area contributed by atoms with Crippen molar-refractivity contribution in [2.75, 3.05) is 11.4 Å². The molecule has 0 spiro atoms. The molecule has 31 heavy (non-hydrogen) atoms. The highest BCUT2D eigenvalue weighted by Crippen LogP contribution is 2.41. The van der Waals surface area contributed by atoms with E-state index in [-0.39, 0.29) is 11.1 Å². The predicted octanol–water partition coefficient (Wildman–Crippen LogP) is 6.68. The van der Waals surface area contributed by atoms with E-state index in [2.05, 4.69) is 58.0 Å². The highest BCUT2D eigenvalue weighted by molar-refractivity contribution is 6.31. The zero-order chi connectivity index (χ0) is 21.7. The van der Waals surface area contributed by atoms with Crippen LogP contribution in [0, 0.1) is 5.82 Å². The minimum atomic E-state index is -0.427. The molecule has 4 nitrogen and oxygen atoms in total. The van der Waals surface area contributed by atoms with E-state index in [9.17, 15) is 4.39 Å². The van der Waals surface area contributed by atoms with E-state index >= 15 is 0 Å². The summed E-state index contributed by atoms with van der Waals surface area (Å²) in [7, 11) is 0. The van der Waals surface area contributed by atoms with Gasteiger partial charge in [0.15, 0.2) is 0 Å². The average Bonchev–Trinajstić information content (AvgIpc) is 3.11. The molecule has 0 bridgehead atoms. The second-order valence-electron chi connectivity index (χ2n) is 8.20. The van der Waals surface area contributed by atoms with Crippen LogP contribution in [0.5, 0.6) is 0 Å². The number of hydrogen-bond acceptors (Lipinski definition) is 3. The minimum absolute atomic E-state index is 0.135. The number of benzene rings is 2. The van der Waals surface area contributed by atoms with Gasteiger partial charge in [-0.15, -0.1) is 0 Å². The summed E-state index contributed by atoms with van der Waals surface area (Å²) in [4.78, 5) is 14.6. The molecule has 0 amide bonds. The first-order valence-electron chi connectivity index (χ1n) is 10.3. The van der Waals surface area contributed by atoms with Gasteiger partial charge in [0.1, 0.15) is 5.82 Å². The summed E-state index contributed by atoms with van der Waals surface area (Å²) in [5.41, 5.74) is 5.30. The maximum absolute atomic E-state index is 14.1. The molecule has 158 valence electrons. The standard InChI is InChI=1S/C24H21Cl2FN4/c1-13(2)14-3-5-15(6-4-14)23-22-17(18-9-19(26)20(27)10-21(18)30-22)7-8-31(23)24-28-11-16(25)12-29-24/h3-6,9-13,23,30H,7-8H2,1-2H3. The molecule has 1 aliphatic rings. The van der Waals surface area contributed by atoms with E-state index in [1.54, 1.807) is 18.5 Å². The van der Waals surface area contributed by atoms with Crippen LogP contribution in [-0.4, -0.2) is 21.5 Å². The molecule has 0 saturated carbocycles. The third-order valence-electron chi connectivity index (χ3n) is 5.95. The van der Waals surface area contributed by atoms with Gasteiger partial charge in [0.25, 0.3) is 0 Å². The molecule has 2 aromatic carbocycles. The molecule has 1 atom stereocenters. The monoisotopic (exact) mass is 454 g/mol. The van der Waals surface area contributed by atoms with Crippen LogP contribution in [0.3, 0.4) is 0 Å². The molecule has 0 fully saturated rings. The van der Waals surface area contributed by atoms with E-state index in [0.717, 1.165) is 34.1 Å². The first kappa shape index (κ1) is 20.3. The Morgan fingerprint density at radius 1 is 1.10 bits per heavy atom. The number of fused-ring (bicyclic) bond motifs is 3. The molecule has 1 aliphatic heterocycles. The maximum Gasteiger partial charge on any atom is 0.226 e. The summed E-state index contributed by atoms with van der Waals surface area (Å²) in [5.74, 6) is 0.629. The Balaban J connectivity index is 1.69. The van der Waals surface area contributed by atoms with Gasteiger partial charge in [-0.1, -0.05) is 61.3 Å². The van der Waals surface area contributed by atoms with Gasteiger partial charge in [0, 0.05) is 23.1 Å². The topological polar surface area (TPSA) is 44.8 Å². The number of halogens is 3. The van der Waals surface area contributed by atoms with Crippen LogP contribution in [0.25, 0.3) is 10.9 Å². The van der Waals surface area contributed by atoms with Crippen LogP contribution in [0.2, 0.25) is 10.0 Å². The van der Waals surface area contributed by atoms with Gasteiger partial charge < -0.3 is 9.88 Å². The molecule has 2 aromatic heterocycles. The smallest absolute Gasteiger partial charge is 0.226 e. The van der Waals surface area contributed by atoms with Crippen molar-refractivity contribution in [1.82, 2.24) is 15.0 Å². The number of anilines is 1. The molecule has 7 heteroatoms. The van der Waals surface area contributed by atoms with Crippen LogP contribution in [0.1, 0.15) is 48.2 Å². The molecule has 0 radical (unpaired) electrons. The second kappa shape index (κ2) is 7.81. The maximum atomic E-state index is 14.1. The van der Waals surface area contributed by atoms with Crippen LogP contribution >= 0.6 is 23.2 Å². The molecule has 0 aliphatic carbocycles. The zero-order valence-corrected chi connectivity index (χ0v) is 18.7. The SMILES string of the molecule is CC(C)c1ccc(C2c3[nH]c4cc(F)c(Cl)cc4c3CCN2c2ncc(Cl)cn2)cc1. The Bertz CT molecular complexity index is 1250. The van der Waals surface area contributed by atoms with E-state index in [0.29, 0.717) is 23.4 Å². The molecular weight excluding hydrogens is 434 g/mol. The molecule has 4 aromatic rings. The summed E-state index contributed by atoms with van der Waals surface area (Å²) in [6, 6.07) is 11.7. The van der Waals surface area contributed by atoms with Crippen molar-refractivity contribution in [2.45, 2.75) is 32.2 Å². The number of aromatic nitrogens is 3. The largest absolute Gasteiger partial charge is 0.356 e. The molecule has 1 N–H and O–H groups in total. The van der Waals surface area contributed by atoms with Gasteiger partial charge in [0.05, 0.1) is 28.5 Å². The highest BCUT2D eigenvalue weighted by Gasteiger charge is 2.33. The lowest BCUT2D eigenvalue weighted by Gasteiger charge is -2.36. The van der Waals surface area contributed by atoms with E-state index in [1.807, 2.05) is 0 Å². The summed E-state index contributed by atoms with van der Waals surface area (Å²) >= 11 is 12.1. The summed E-state index contributed by atoms with van der Waals surface area (Å²) in [5, 5.41) is 1.59. The molecular formula is C24H21Cl2FN4. The number of nitrogens with zero attached hydrogens (tertiary/aromatic N) is 3. The Labute approximate surface area is 190 Å². The summed E-state index contributed by atoms with van der Waals surface area (Å²) < 4.78 is 14.1. The van der Waals surface area contributed by atoms with Crippen molar-refractivity contribution in [3.05, 3.63) is 87.0 Å². The van der Waals surface area contributed by atoms with Crippen LogP contribution in [-0.2, 0) is 6.42 Å². The normalized spacial score (nSPS) is 16.2. The number of rotatable bonds is 3. The van der Waals surface area contributed by atoms with E-state index < -0.39 is 5.82 Å². The fourth-order valence-electron chi connectivity index (χ4n) is 4.36. The second-order valence-corrected chi connectivity index (χ2v) is 9.04. The first-order valence-corrected chi connectivity index (χ1v) is 11.0. The first-order chi connectivity index (χ1) is 14.9. The summed E-state index contributed by atoms with van der Waals surface area (Å²) in [6.07, 6.45) is 3.99. The number of nitrogens with one attached hydrogen (secondary N) is 1. The molecule has 5 rings (SSSR count). The zero-order valence-electron chi connectivity index (χ0n) is 17.2. The molecule has 3 heterocycles. The van der Waals surface area contributed by atoms with Crippen LogP contribution in [0.15, 0.2) is 48.8 Å². The fraction of sp³-hybridized carbons (Fsp3) is 0.250. The van der Waals surface area contributed by atoms with Gasteiger partial charge >= 0.3 is 0 Å². The summed E-state index contributed by atoms with van der Waals surface area (Å²) in [6.45, 7) is 5.07. The predicted molar refractivity (Wildman–Crippen MR) is 124 cm³/mol. The Morgan fingerprint density at radius 2 is 1.81 bits per heavy atom. The van der Waals surface area contributed by atoms with Gasteiger partial charge in [0.2, 0.25) is 5.95 Å². The van der Waals surface area contributed by atoms with Crippen molar-refractivity contribution in [3.63, 3.8) is 0 Å². The van der Waals surface area contributed by atoms with Gasteiger partial charge in [-0.2, -0.15) is 0 Å². The fourth-order valence-corrected chi connectivity index (χ4v) is 4.63. The minimum Gasteiger partial charge on any atom is -0.356 e. The van der Waals surface area contributed by atoms with Crippen molar-refractivity contribution in [1.29, 1.82) is 0 Å². The number of aromatic amines is 1.